The summed E-state index contributed by atoms with van der Waals surface area (Å²) in [6, 6.07) is 11.2. The van der Waals surface area contributed by atoms with E-state index in [0.717, 1.165) is 0 Å². The molecule has 0 aliphatic carbocycles. The molecule has 6 nitrogen and oxygen atoms in total. The highest BCUT2D eigenvalue weighted by Crippen LogP contribution is 2.27. The second kappa shape index (κ2) is 6.88. The Morgan fingerprint density at radius 1 is 1.21 bits per heavy atom. The molecule has 0 aliphatic rings. The summed E-state index contributed by atoms with van der Waals surface area (Å²) in [5.74, 6) is 0.0800. The van der Waals surface area contributed by atoms with Crippen LogP contribution in [0, 0.1) is 17.0 Å². The first-order valence-corrected chi connectivity index (χ1v) is 7.58. The van der Waals surface area contributed by atoms with Crippen LogP contribution in [0.4, 0.5) is 11.4 Å². The van der Waals surface area contributed by atoms with E-state index >= 15 is 0 Å². The Balaban J connectivity index is 2.17. The normalized spacial score (nSPS) is 11.0. The van der Waals surface area contributed by atoms with E-state index in [-0.39, 0.29) is 5.69 Å². The predicted molar refractivity (Wildman–Crippen MR) is 92.6 cm³/mol. The number of ether oxygens (including phenoxy) is 1. The van der Waals surface area contributed by atoms with Gasteiger partial charge in [-0.25, -0.2) is 0 Å². The maximum atomic E-state index is 12.5. The van der Waals surface area contributed by atoms with Gasteiger partial charge in [-0.2, -0.15) is 0 Å². The molecule has 2 aromatic rings. The quantitative estimate of drug-likeness (QED) is 0.643. The number of hydrogen-bond acceptors (Lipinski definition) is 4. The van der Waals surface area contributed by atoms with Crippen molar-refractivity contribution in [3.63, 3.8) is 0 Å². The number of carbonyl (C=O) groups is 1. The number of amides is 1. The van der Waals surface area contributed by atoms with Crippen LogP contribution in [0.3, 0.4) is 0 Å². The van der Waals surface area contributed by atoms with E-state index in [0.29, 0.717) is 22.0 Å². The molecule has 0 spiro atoms. The molecular formula is C17H17ClN2O4. The van der Waals surface area contributed by atoms with Crippen molar-refractivity contribution in [1.82, 2.24) is 0 Å². The van der Waals surface area contributed by atoms with Crippen molar-refractivity contribution in [1.29, 1.82) is 0 Å². The maximum Gasteiger partial charge on any atom is 0.274 e. The van der Waals surface area contributed by atoms with Crippen LogP contribution in [0.1, 0.15) is 19.4 Å². The molecule has 7 heteroatoms. The summed E-state index contributed by atoms with van der Waals surface area (Å²) in [5, 5.41) is 14.2. The SMILES string of the molecule is Cc1c(NC(=O)C(C)(C)Oc2ccc(Cl)cc2)cccc1[N+](=O)[O-]. The standard InChI is InChI=1S/C17H17ClN2O4/c1-11-14(5-4-6-15(11)20(22)23)19-16(21)17(2,3)24-13-9-7-12(18)8-10-13/h4-10H,1-3H3,(H,19,21). The number of rotatable bonds is 5. The molecule has 2 rings (SSSR count). The minimum absolute atomic E-state index is 0.0516. The summed E-state index contributed by atoms with van der Waals surface area (Å²) in [6.45, 7) is 4.81. The van der Waals surface area contributed by atoms with Gasteiger partial charge in [-0.05, 0) is 51.1 Å². The van der Waals surface area contributed by atoms with Crippen molar-refractivity contribution >= 4 is 28.9 Å². The van der Waals surface area contributed by atoms with E-state index < -0.39 is 16.4 Å². The fourth-order valence-electron chi connectivity index (χ4n) is 2.07. The third kappa shape index (κ3) is 4.02. The van der Waals surface area contributed by atoms with Gasteiger partial charge in [0.15, 0.2) is 5.60 Å². The number of nitrogens with zero attached hydrogens (tertiary/aromatic N) is 1. The Hall–Kier alpha value is -2.60. The smallest absolute Gasteiger partial charge is 0.274 e. The lowest BCUT2D eigenvalue weighted by molar-refractivity contribution is -0.385. The van der Waals surface area contributed by atoms with Gasteiger partial charge in [0, 0.05) is 11.1 Å². The Bertz CT molecular complexity index is 773. The minimum atomic E-state index is -1.18. The van der Waals surface area contributed by atoms with Crippen molar-refractivity contribution < 1.29 is 14.5 Å². The number of benzene rings is 2. The topological polar surface area (TPSA) is 81.5 Å². The molecule has 0 radical (unpaired) electrons. The molecule has 0 aromatic heterocycles. The van der Waals surface area contributed by atoms with Crippen LogP contribution < -0.4 is 10.1 Å². The van der Waals surface area contributed by atoms with Crippen LogP contribution in [0.25, 0.3) is 0 Å². The van der Waals surface area contributed by atoms with E-state index in [1.807, 2.05) is 0 Å². The highest BCUT2D eigenvalue weighted by Gasteiger charge is 2.31. The van der Waals surface area contributed by atoms with E-state index in [4.69, 9.17) is 16.3 Å². The minimum Gasteiger partial charge on any atom is -0.478 e. The molecule has 126 valence electrons. The van der Waals surface area contributed by atoms with Crippen molar-refractivity contribution in [3.05, 3.63) is 63.2 Å². The average Bonchev–Trinajstić information content (AvgIpc) is 2.51. The van der Waals surface area contributed by atoms with E-state index in [1.165, 1.54) is 12.1 Å². The highest BCUT2D eigenvalue weighted by molar-refractivity contribution is 6.30. The predicted octanol–water partition coefficient (Wildman–Crippen LogP) is 4.35. The summed E-state index contributed by atoms with van der Waals surface area (Å²) in [5.41, 5.74) is -0.463. The fraction of sp³-hybridized carbons (Fsp3) is 0.235. The van der Waals surface area contributed by atoms with Gasteiger partial charge < -0.3 is 10.1 Å². The maximum absolute atomic E-state index is 12.5. The highest BCUT2D eigenvalue weighted by atomic mass is 35.5. The van der Waals surface area contributed by atoms with E-state index in [1.54, 1.807) is 51.1 Å². The van der Waals surface area contributed by atoms with E-state index in [9.17, 15) is 14.9 Å². The molecule has 1 amide bonds. The van der Waals surface area contributed by atoms with Gasteiger partial charge in [0.1, 0.15) is 5.75 Å². The van der Waals surface area contributed by atoms with Crippen LogP contribution in [-0.2, 0) is 4.79 Å². The van der Waals surface area contributed by atoms with Crippen molar-refractivity contribution in [2.45, 2.75) is 26.4 Å². The number of hydrogen-bond donors (Lipinski definition) is 1. The third-order valence-corrected chi connectivity index (χ3v) is 3.74. The van der Waals surface area contributed by atoms with Gasteiger partial charge in [0.05, 0.1) is 16.2 Å². The van der Waals surface area contributed by atoms with Crippen LogP contribution >= 0.6 is 11.6 Å². The zero-order valence-electron chi connectivity index (χ0n) is 13.5. The van der Waals surface area contributed by atoms with Gasteiger partial charge >= 0.3 is 0 Å². The Morgan fingerprint density at radius 2 is 1.83 bits per heavy atom. The van der Waals surface area contributed by atoms with Crippen LogP contribution in [0.2, 0.25) is 5.02 Å². The summed E-state index contributed by atoms with van der Waals surface area (Å²) < 4.78 is 5.70. The van der Waals surface area contributed by atoms with Crippen LogP contribution in [0.5, 0.6) is 5.75 Å². The monoisotopic (exact) mass is 348 g/mol. The lowest BCUT2D eigenvalue weighted by Crippen LogP contribution is -2.42. The summed E-state index contributed by atoms with van der Waals surface area (Å²) in [4.78, 5) is 23.0. The Kier molecular flexibility index (Phi) is 5.09. The number of halogens is 1. The summed E-state index contributed by atoms with van der Waals surface area (Å²) in [7, 11) is 0. The lowest BCUT2D eigenvalue weighted by atomic mass is 10.1. The Labute approximate surface area is 144 Å². The van der Waals surface area contributed by atoms with Gasteiger partial charge in [0.2, 0.25) is 0 Å². The van der Waals surface area contributed by atoms with E-state index in [2.05, 4.69) is 5.32 Å². The molecule has 0 aliphatic heterocycles. The molecule has 24 heavy (non-hydrogen) atoms. The van der Waals surface area contributed by atoms with Crippen molar-refractivity contribution in [2.24, 2.45) is 0 Å². The van der Waals surface area contributed by atoms with Crippen molar-refractivity contribution in [2.75, 3.05) is 5.32 Å². The molecular weight excluding hydrogens is 332 g/mol. The second-order valence-corrected chi connectivity index (χ2v) is 6.16. The first kappa shape index (κ1) is 17.7. The third-order valence-electron chi connectivity index (χ3n) is 3.48. The van der Waals surface area contributed by atoms with Crippen molar-refractivity contribution in [3.8, 4) is 5.75 Å². The summed E-state index contributed by atoms with van der Waals surface area (Å²) in [6.07, 6.45) is 0. The molecule has 0 bridgehead atoms. The molecule has 0 heterocycles. The molecule has 0 saturated carbocycles. The van der Waals surface area contributed by atoms with Gasteiger partial charge in [-0.1, -0.05) is 17.7 Å². The first-order chi connectivity index (χ1) is 11.2. The Morgan fingerprint density at radius 3 is 2.42 bits per heavy atom. The molecule has 1 N–H and O–H groups in total. The molecule has 0 unspecified atom stereocenters. The molecule has 2 aromatic carbocycles. The van der Waals surface area contributed by atoms with Crippen LogP contribution in [0.15, 0.2) is 42.5 Å². The number of nitrogens with one attached hydrogen (secondary N) is 1. The van der Waals surface area contributed by atoms with Gasteiger partial charge in [0.25, 0.3) is 11.6 Å². The number of nitro benzene ring substituents is 1. The number of nitro groups is 1. The number of anilines is 1. The first-order valence-electron chi connectivity index (χ1n) is 7.21. The van der Waals surface area contributed by atoms with Gasteiger partial charge in [-0.15, -0.1) is 0 Å². The zero-order valence-corrected chi connectivity index (χ0v) is 14.3. The molecule has 0 atom stereocenters. The zero-order chi connectivity index (χ0) is 17.9. The lowest BCUT2D eigenvalue weighted by Gasteiger charge is -2.25. The number of carbonyl (C=O) groups excluding carboxylic acids is 1. The summed E-state index contributed by atoms with van der Waals surface area (Å²) >= 11 is 5.82. The molecule has 0 fully saturated rings. The molecule has 0 saturated heterocycles. The second-order valence-electron chi connectivity index (χ2n) is 5.73. The average molecular weight is 349 g/mol. The van der Waals surface area contributed by atoms with Crippen LogP contribution in [-0.4, -0.2) is 16.4 Å². The largest absolute Gasteiger partial charge is 0.478 e. The van der Waals surface area contributed by atoms with Gasteiger partial charge in [-0.3, -0.25) is 14.9 Å². The fourth-order valence-corrected chi connectivity index (χ4v) is 2.20.